The van der Waals surface area contributed by atoms with Crippen molar-refractivity contribution in [1.82, 2.24) is 0 Å². The van der Waals surface area contributed by atoms with Crippen LogP contribution in [0.1, 0.15) is 19.3 Å². The van der Waals surface area contributed by atoms with Crippen molar-refractivity contribution in [2.45, 2.75) is 19.3 Å². The van der Waals surface area contributed by atoms with Crippen molar-refractivity contribution in [1.29, 1.82) is 0 Å². The van der Waals surface area contributed by atoms with E-state index in [4.69, 9.17) is 4.74 Å². The van der Waals surface area contributed by atoms with Crippen molar-refractivity contribution in [3.8, 4) is 5.75 Å². The fourth-order valence-corrected chi connectivity index (χ4v) is 1.67. The van der Waals surface area contributed by atoms with Crippen LogP contribution in [0.3, 0.4) is 0 Å². The molecule has 1 aliphatic carbocycles. The lowest BCUT2D eigenvalue weighted by Gasteiger charge is -2.20. The minimum Gasteiger partial charge on any atom is -0.490 e. The third-order valence-electron chi connectivity index (χ3n) is 2.91. The van der Waals surface area contributed by atoms with Crippen LogP contribution in [0.25, 0.3) is 0 Å². The van der Waals surface area contributed by atoms with Gasteiger partial charge in [-0.1, -0.05) is 18.6 Å². The van der Waals surface area contributed by atoms with Crippen LogP contribution < -0.4 is 4.74 Å². The molecule has 1 aliphatic rings. The first-order valence-corrected chi connectivity index (χ1v) is 5.93. The molecule has 0 amide bonds. The molecule has 1 fully saturated rings. The van der Waals surface area contributed by atoms with E-state index in [2.05, 4.69) is 0 Å². The second kappa shape index (κ2) is 7.30. The largest absolute Gasteiger partial charge is 0.490 e. The van der Waals surface area contributed by atoms with Crippen LogP contribution in [0, 0.1) is 26.1 Å². The molecule has 0 bridgehead atoms. The van der Waals surface area contributed by atoms with E-state index < -0.39 is 4.92 Å². The van der Waals surface area contributed by atoms with E-state index in [0.29, 0.717) is 5.92 Å². The van der Waals surface area contributed by atoms with Crippen LogP contribution in [-0.4, -0.2) is 23.5 Å². The monoisotopic (exact) mass is 268 g/mol. The van der Waals surface area contributed by atoms with E-state index in [1.54, 1.807) is 18.2 Å². The molecule has 1 aromatic rings. The summed E-state index contributed by atoms with van der Waals surface area (Å²) in [4.78, 5) is 19.4. The Labute approximate surface area is 110 Å². The predicted octanol–water partition coefficient (Wildman–Crippen LogP) is 2.67. The highest BCUT2D eigenvalue weighted by Gasteiger charge is 2.21. The molecule has 0 N–H and O–H groups in total. The average molecular weight is 268 g/mol. The van der Waals surface area contributed by atoms with E-state index in [9.17, 15) is 20.2 Å². The topological polar surface area (TPSA) is 95.5 Å². The third-order valence-corrected chi connectivity index (χ3v) is 2.91. The van der Waals surface area contributed by atoms with E-state index in [1.165, 1.54) is 19.6 Å². The van der Waals surface area contributed by atoms with Crippen LogP contribution >= 0.6 is 0 Å². The van der Waals surface area contributed by atoms with Gasteiger partial charge in [0.05, 0.1) is 12.0 Å². The van der Waals surface area contributed by atoms with Gasteiger partial charge in [-0.15, -0.1) is 0 Å². The Hall–Kier alpha value is -2.18. The summed E-state index contributed by atoms with van der Waals surface area (Å²) in [7, 11) is 1.41. The first-order valence-electron chi connectivity index (χ1n) is 5.93. The molecule has 0 aliphatic heterocycles. The molecular formula is C12H16N2O5. The van der Waals surface area contributed by atoms with E-state index in [-0.39, 0.29) is 22.9 Å². The summed E-state index contributed by atoms with van der Waals surface area (Å²) in [5, 5.41) is 20.1. The molecule has 19 heavy (non-hydrogen) atoms. The molecule has 1 aromatic carbocycles. The zero-order chi connectivity index (χ0) is 14.3. The lowest BCUT2D eigenvalue weighted by atomic mass is 9.86. The Morgan fingerprint density at radius 3 is 2.21 bits per heavy atom. The molecular weight excluding hydrogens is 252 g/mol. The van der Waals surface area contributed by atoms with E-state index in [0.717, 1.165) is 12.8 Å². The van der Waals surface area contributed by atoms with Gasteiger partial charge in [0.1, 0.15) is 0 Å². The predicted molar refractivity (Wildman–Crippen MR) is 68.9 cm³/mol. The number of nitro groups is 2. The Bertz CT molecular complexity index is 446. The first kappa shape index (κ1) is 14.9. The van der Waals surface area contributed by atoms with Crippen LogP contribution in [-0.2, 0) is 0 Å². The average Bonchev–Trinajstić information content (AvgIpc) is 2.34. The second-order valence-corrected chi connectivity index (χ2v) is 4.24. The smallest absolute Gasteiger partial charge is 0.310 e. The van der Waals surface area contributed by atoms with Crippen molar-refractivity contribution in [3.63, 3.8) is 0 Å². The van der Waals surface area contributed by atoms with Gasteiger partial charge in [0.25, 0.3) is 0 Å². The third kappa shape index (κ3) is 4.90. The number of para-hydroxylation sites is 2. The molecule has 0 heterocycles. The molecule has 0 saturated heterocycles. The summed E-state index contributed by atoms with van der Waals surface area (Å²) in [5.41, 5.74) is -0.00463. The molecule has 2 rings (SSSR count). The van der Waals surface area contributed by atoms with Gasteiger partial charge in [0.2, 0.25) is 6.54 Å². The maximum Gasteiger partial charge on any atom is 0.310 e. The molecule has 0 unspecified atom stereocenters. The van der Waals surface area contributed by atoms with E-state index >= 15 is 0 Å². The molecule has 0 spiro atoms. The fraction of sp³-hybridized carbons (Fsp3) is 0.500. The number of rotatable bonds is 4. The SMILES string of the molecule is COc1ccccc1[N+](=O)[O-].O=[N+]([O-])CC1CCC1. The lowest BCUT2D eigenvalue weighted by molar-refractivity contribution is -0.490. The fourth-order valence-electron chi connectivity index (χ4n) is 1.67. The maximum absolute atomic E-state index is 10.3. The van der Waals surface area contributed by atoms with Crippen molar-refractivity contribution in [2.24, 2.45) is 5.92 Å². The highest BCUT2D eigenvalue weighted by molar-refractivity contribution is 5.45. The molecule has 0 radical (unpaired) electrons. The van der Waals surface area contributed by atoms with Gasteiger partial charge >= 0.3 is 5.69 Å². The van der Waals surface area contributed by atoms with Crippen molar-refractivity contribution >= 4 is 5.69 Å². The van der Waals surface area contributed by atoms with Gasteiger partial charge in [-0.25, -0.2) is 0 Å². The van der Waals surface area contributed by atoms with Gasteiger partial charge in [-0.3, -0.25) is 20.2 Å². The van der Waals surface area contributed by atoms with Gasteiger partial charge < -0.3 is 4.74 Å². The Kier molecular flexibility index (Phi) is 5.72. The number of hydrogen-bond donors (Lipinski definition) is 0. The summed E-state index contributed by atoms with van der Waals surface area (Å²) in [6, 6.07) is 6.24. The Balaban J connectivity index is 0.000000200. The van der Waals surface area contributed by atoms with Crippen LogP contribution in [0.4, 0.5) is 5.69 Å². The normalized spacial score (nSPS) is 13.7. The number of ether oxygens (including phenoxy) is 1. The highest BCUT2D eigenvalue weighted by Crippen LogP contribution is 2.26. The number of nitrogens with zero attached hydrogens (tertiary/aromatic N) is 2. The van der Waals surface area contributed by atoms with Gasteiger partial charge in [-0.05, 0) is 18.9 Å². The number of benzene rings is 1. The summed E-state index contributed by atoms with van der Waals surface area (Å²) in [5.74, 6) is 0.697. The number of hydrogen-bond acceptors (Lipinski definition) is 5. The summed E-state index contributed by atoms with van der Waals surface area (Å²) < 4.78 is 4.76. The molecule has 1 saturated carbocycles. The minimum absolute atomic E-state index is 0.00463. The number of nitro benzene ring substituents is 1. The van der Waals surface area contributed by atoms with Crippen LogP contribution in [0.5, 0.6) is 5.75 Å². The standard InChI is InChI=1S/C7H7NO3.C5H9NO2/c1-11-7-5-3-2-4-6(7)8(9)10;7-6(8)4-5-2-1-3-5/h2-5H,1H3;5H,1-4H2. The molecule has 7 heteroatoms. The zero-order valence-corrected chi connectivity index (χ0v) is 10.7. The van der Waals surface area contributed by atoms with Crippen molar-refractivity contribution < 1.29 is 14.6 Å². The van der Waals surface area contributed by atoms with Crippen LogP contribution in [0.2, 0.25) is 0 Å². The van der Waals surface area contributed by atoms with Crippen molar-refractivity contribution in [2.75, 3.05) is 13.7 Å². The summed E-state index contributed by atoms with van der Waals surface area (Å²) >= 11 is 0. The Morgan fingerprint density at radius 1 is 1.26 bits per heavy atom. The minimum atomic E-state index is -0.473. The number of methoxy groups -OCH3 is 1. The first-order chi connectivity index (χ1) is 9.04. The summed E-state index contributed by atoms with van der Waals surface area (Å²) in [6.07, 6.45) is 3.33. The molecule has 104 valence electrons. The molecule has 0 aromatic heterocycles. The Morgan fingerprint density at radius 2 is 1.89 bits per heavy atom. The molecule has 0 atom stereocenters. The quantitative estimate of drug-likeness (QED) is 0.617. The zero-order valence-electron chi connectivity index (χ0n) is 10.7. The van der Waals surface area contributed by atoms with E-state index in [1.807, 2.05) is 0 Å². The summed E-state index contributed by atoms with van der Waals surface area (Å²) in [6.45, 7) is 0.194. The molecule has 7 nitrogen and oxygen atoms in total. The van der Waals surface area contributed by atoms with Crippen molar-refractivity contribution in [3.05, 3.63) is 44.5 Å². The maximum atomic E-state index is 10.3. The van der Waals surface area contributed by atoms with Gasteiger partial charge in [0, 0.05) is 16.9 Å². The van der Waals surface area contributed by atoms with Gasteiger partial charge in [0.15, 0.2) is 5.75 Å². The van der Waals surface area contributed by atoms with Crippen LogP contribution in [0.15, 0.2) is 24.3 Å². The highest BCUT2D eigenvalue weighted by atomic mass is 16.6. The second-order valence-electron chi connectivity index (χ2n) is 4.24. The van der Waals surface area contributed by atoms with Gasteiger partial charge in [-0.2, -0.15) is 0 Å². The lowest BCUT2D eigenvalue weighted by Crippen LogP contribution is -2.20.